The number of anilines is 1. The summed E-state index contributed by atoms with van der Waals surface area (Å²) < 4.78 is 25.0. The molecule has 0 bridgehead atoms. The van der Waals surface area contributed by atoms with Crippen LogP contribution in [-0.4, -0.2) is 45.9 Å². The van der Waals surface area contributed by atoms with E-state index < -0.39 is 10.0 Å². The third kappa shape index (κ3) is 4.19. The Morgan fingerprint density at radius 3 is 2.35 bits per heavy atom. The van der Waals surface area contributed by atoms with Gasteiger partial charge in [0.2, 0.25) is 10.0 Å². The molecule has 0 aliphatic heterocycles. The normalized spacial score (nSPS) is 15.6. The first-order valence-electron chi connectivity index (χ1n) is 7.00. The van der Waals surface area contributed by atoms with Crippen molar-refractivity contribution < 1.29 is 8.42 Å². The molecule has 0 spiro atoms. The van der Waals surface area contributed by atoms with E-state index in [2.05, 4.69) is 10.6 Å². The Balaban J connectivity index is 1.78. The van der Waals surface area contributed by atoms with Crippen molar-refractivity contribution in [1.82, 2.24) is 9.62 Å². The van der Waals surface area contributed by atoms with Crippen LogP contribution in [0.4, 0.5) is 5.69 Å². The molecule has 6 heteroatoms. The number of hydrogen-bond acceptors (Lipinski definition) is 4. The molecule has 0 amide bonds. The van der Waals surface area contributed by atoms with Crippen LogP contribution in [-0.2, 0) is 10.0 Å². The van der Waals surface area contributed by atoms with E-state index >= 15 is 0 Å². The molecule has 0 unspecified atom stereocenters. The van der Waals surface area contributed by atoms with Crippen molar-refractivity contribution in [3.63, 3.8) is 0 Å². The Bertz CT molecular complexity index is 522. The Morgan fingerprint density at radius 1 is 1.15 bits per heavy atom. The van der Waals surface area contributed by atoms with Gasteiger partial charge in [-0.25, -0.2) is 12.7 Å². The molecule has 2 rings (SSSR count). The second-order valence-corrected chi connectivity index (χ2v) is 7.47. The van der Waals surface area contributed by atoms with Crippen LogP contribution in [0.3, 0.4) is 0 Å². The smallest absolute Gasteiger partial charge is 0.242 e. The standard InChI is InChI=1S/C14H23N3O2S/c1-17(2)20(18,19)14-8-6-13(7-9-14)16-11-3-10-15-12-4-5-12/h6-9,12,15-16H,3-5,10-11H2,1-2H3. The molecule has 2 N–H and O–H groups in total. The monoisotopic (exact) mass is 297 g/mol. The summed E-state index contributed by atoms with van der Waals surface area (Å²) >= 11 is 0. The van der Waals surface area contributed by atoms with Gasteiger partial charge in [-0.3, -0.25) is 0 Å². The van der Waals surface area contributed by atoms with Crippen LogP contribution >= 0.6 is 0 Å². The van der Waals surface area contributed by atoms with Crippen molar-refractivity contribution in [2.75, 3.05) is 32.5 Å². The lowest BCUT2D eigenvalue weighted by Gasteiger charge is -2.12. The number of hydrogen-bond donors (Lipinski definition) is 2. The summed E-state index contributed by atoms with van der Waals surface area (Å²) in [7, 11) is -0.258. The van der Waals surface area contributed by atoms with E-state index in [1.165, 1.54) is 31.2 Å². The lowest BCUT2D eigenvalue weighted by Crippen LogP contribution is -2.22. The van der Waals surface area contributed by atoms with Gasteiger partial charge in [0.05, 0.1) is 4.90 Å². The van der Waals surface area contributed by atoms with E-state index in [9.17, 15) is 8.42 Å². The molecule has 1 aliphatic rings. The zero-order chi connectivity index (χ0) is 14.6. The first-order chi connectivity index (χ1) is 9.50. The first kappa shape index (κ1) is 15.3. The number of rotatable bonds is 8. The highest BCUT2D eigenvalue weighted by molar-refractivity contribution is 7.89. The molecule has 112 valence electrons. The molecular formula is C14H23N3O2S. The molecule has 5 nitrogen and oxygen atoms in total. The molecule has 1 aromatic rings. The maximum atomic E-state index is 11.9. The predicted molar refractivity (Wildman–Crippen MR) is 81.4 cm³/mol. The lowest BCUT2D eigenvalue weighted by atomic mass is 10.3. The van der Waals surface area contributed by atoms with E-state index in [1.54, 1.807) is 12.1 Å². The fraction of sp³-hybridized carbons (Fsp3) is 0.571. The van der Waals surface area contributed by atoms with Gasteiger partial charge in [0.1, 0.15) is 0 Å². The van der Waals surface area contributed by atoms with E-state index in [1.807, 2.05) is 12.1 Å². The van der Waals surface area contributed by atoms with Gasteiger partial charge in [-0.1, -0.05) is 0 Å². The Morgan fingerprint density at radius 2 is 1.80 bits per heavy atom. The van der Waals surface area contributed by atoms with Gasteiger partial charge < -0.3 is 10.6 Å². The zero-order valence-corrected chi connectivity index (χ0v) is 12.9. The van der Waals surface area contributed by atoms with Crippen molar-refractivity contribution in [3.8, 4) is 0 Å². The highest BCUT2D eigenvalue weighted by atomic mass is 32.2. The van der Waals surface area contributed by atoms with E-state index in [4.69, 9.17) is 0 Å². The van der Waals surface area contributed by atoms with Gasteiger partial charge in [-0.15, -0.1) is 0 Å². The van der Waals surface area contributed by atoms with Crippen LogP contribution in [0.15, 0.2) is 29.2 Å². The molecule has 0 radical (unpaired) electrons. The fourth-order valence-corrected chi connectivity index (χ4v) is 2.77. The van der Waals surface area contributed by atoms with Crippen molar-refractivity contribution >= 4 is 15.7 Å². The maximum Gasteiger partial charge on any atom is 0.242 e. The van der Waals surface area contributed by atoms with Crippen LogP contribution < -0.4 is 10.6 Å². The van der Waals surface area contributed by atoms with Crippen molar-refractivity contribution in [1.29, 1.82) is 0 Å². The summed E-state index contributed by atoms with van der Waals surface area (Å²) in [6, 6.07) is 7.65. The highest BCUT2D eigenvalue weighted by Crippen LogP contribution is 2.18. The average Bonchev–Trinajstić information content (AvgIpc) is 3.23. The molecular weight excluding hydrogens is 274 g/mol. The van der Waals surface area contributed by atoms with Gasteiger partial charge in [0.15, 0.2) is 0 Å². The van der Waals surface area contributed by atoms with Crippen LogP contribution in [0.5, 0.6) is 0 Å². The molecule has 20 heavy (non-hydrogen) atoms. The topological polar surface area (TPSA) is 61.4 Å². The average molecular weight is 297 g/mol. The number of nitrogens with one attached hydrogen (secondary N) is 2. The quantitative estimate of drug-likeness (QED) is 0.714. The molecule has 0 aromatic heterocycles. The molecule has 0 atom stereocenters. The number of nitrogens with zero attached hydrogens (tertiary/aromatic N) is 1. The van der Waals surface area contributed by atoms with Gasteiger partial charge in [0, 0.05) is 32.4 Å². The molecule has 1 aliphatic carbocycles. The Hall–Kier alpha value is -1.11. The predicted octanol–water partition coefficient (Wildman–Crippen LogP) is 1.49. The zero-order valence-electron chi connectivity index (χ0n) is 12.1. The third-order valence-electron chi connectivity index (χ3n) is 3.33. The number of sulfonamides is 1. The molecule has 1 aromatic carbocycles. The second kappa shape index (κ2) is 6.56. The highest BCUT2D eigenvalue weighted by Gasteiger charge is 2.19. The molecule has 0 saturated heterocycles. The fourth-order valence-electron chi connectivity index (χ4n) is 1.87. The third-order valence-corrected chi connectivity index (χ3v) is 5.16. The van der Waals surface area contributed by atoms with Gasteiger partial charge in [0.25, 0.3) is 0 Å². The minimum absolute atomic E-state index is 0.323. The van der Waals surface area contributed by atoms with Gasteiger partial charge >= 0.3 is 0 Å². The van der Waals surface area contributed by atoms with Crippen LogP contribution in [0.2, 0.25) is 0 Å². The van der Waals surface area contributed by atoms with Crippen LogP contribution in [0, 0.1) is 0 Å². The minimum Gasteiger partial charge on any atom is -0.385 e. The maximum absolute atomic E-state index is 11.9. The summed E-state index contributed by atoms with van der Waals surface area (Å²) in [6.45, 7) is 1.92. The summed E-state index contributed by atoms with van der Waals surface area (Å²) in [5, 5.41) is 6.76. The summed E-state index contributed by atoms with van der Waals surface area (Å²) in [5.74, 6) is 0. The summed E-state index contributed by atoms with van der Waals surface area (Å²) in [4.78, 5) is 0.323. The largest absolute Gasteiger partial charge is 0.385 e. The molecule has 0 heterocycles. The van der Waals surface area contributed by atoms with E-state index in [-0.39, 0.29) is 0 Å². The van der Waals surface area contributed by atoms with Crippen molar-refractivity contribution in [3.05, 3.63) is 24.3 Å². The van der Waals surface area contributed by atoms with Gasteiger partial charge in [-0.05, 0) is 50.1 Å². The Kier molecular flexibility index (Phi) is 5.01. The SMILES string of the molecule is CN(C)S(=O)(=O)c1ccc(NCCCNC2CC2)cc1. The van der Waals surface area contributed by atoms with E-state index in [0.29, 0.717) is 4.90 Å². The first-order valence-corrected chi connectivity index (χ1v) is 8.44. The minimum atomic E-state index is -3.33. The lowest BCUT2D eigenvalue weighted by molar-refractivity contribution is 0.521. The van der Waals surface area contributed by atoms with Crippen LogP contribution in [0.1, 0.15) is 19.3 Å². The van der Waals surface area contributed by atoms with E-state index in [0.717, 1.165) is 31.2 Å². The van der Waals surface area contributed by atoms with Crippen LogP contribution in [0.25, 0.3) is 0 Å². The van der Waals surface area contributed by atoms with Crippen molar-refractivity contribution in [2.45, 2.75) is 30.2 Å². The molecule has 1 saturated carbocycles. The number of benzene rings is 1. The molecule has 1 fully saturated rings. The Labute approximate surface area is 121 Å². The summed E-state index contributed by atoms with van der Waals surface area (Å²) in [5.41, 5.74) is 0.953. The van der Waals surface area contributed by atoms with Crippen molar-refractivity contribution in [2.24, 2.45) is 0 Å². The van der Waals surface area contributed by atoms with Gasteiger partial charge in [-0.2, -0.15) is 0 Å². The second-order valence-electron chi connectivity index (χ2n) is 5.32. The summed E-state index contributed by atoms with van der Waals surface area (Å²) in [6.07, 6.45) is 3.69.